The van der Waals surface area contributed by atoms with E-state index in [0.29, 0.717) is 25.8 Å². The summed E-state index contributed by atoms with van der Waals surface area (Å²) in [4.78, 5) is 38.2. The fourth-order valence-corrected chi connectivity index (χ4v) is 4.02. The zero-order chi connectivity index (χ0) is 21.1. The Bertz CT molecular complexity index is 923. The number of rotatable bonds is 8. The van der Waals surface area contributed by atoms with Crippen LogP contribution in [0.2, 0.25) is 0 Å². The average molecular weight is 400 g/mol. The lowest BCUT2D eigenvalue weighted by Gasteiger charge is -2.26. The summed E-state index contributed by atoms with van der Waals surface area (Å²) in [6, 6.07) is 5.47. The molecule has 1 aromatic heterocycles. The number of carbonyl (C=O) groups excluding carboxylic acids is 2. The van der Waals surface area contributed by atoms with Crippen LogP contribution in [0.25, 0.3) is 11.0 Å². The Hall–Kier alpha value is -2.77. The smallest absolute Gasteiger partial charge is 0.303 e. The van der Waals surface area contributed by atoms with Gasteiger partial charge in [0.25, 0.3) is 0 Å². The van der Waals surface area contributed by atoms with E-state index in [9.17, 15) is 14.4 Å². The SMILES string of the molecule is C[C@H]1C[C@@H](C(=O)CCc2ccc3c(c2)nnn3C)N(C(=O)[C@H](C)CCC(=O)O)C1. The number of ketones is 1. The number of hydrogen-bond acceptors (Lipinski definition) is 5. The van der Waals surface area contributed by atoms with Crippen molar-refractivity contribution < 1.29 is 19.5 Å². The first kappa shape index (κ1) is 21.0. The van der Waals surface area contributed by atoms with Gasteiger partial charge in [0.2, 0.25) is 5.91 Å². The summed E-state index contributed by atoms with van der Waals surface area (Å²) < 4.78 is 1.71. The maximum Gasteiger partial charge on any atom is 0.303 e. The largest absolute Gasteiger partial charge is 0.481 e. The number of aliphatic carboxylic acids is 1. The predicted molar refractivity (Wildman–Crippen MR) is 107 cm³/mol. The number of likely N-dealkylation sites (tertiary alicyclic amines) is 1. The molecule has 1 saturated heterocycles. The summed E-state index contributed by atoms with van der Waals surface area (Å²) in [7, 11) is 1.84. The van der Waals surface area contributed by atoms with Gasteiger partial charge in [0.15, 0.2) is 5.78 Å². The second-order valence-electron chi connectivity index (χ2n) is 8.18. The molecule has 0 saturated carbocycles. The molecule has 8 nitrogen and oxygen atoms in total. The van der Waals surface area contributed by atoms with Crippen LogP contribution in [0.3, 0.4) is 0 Å². The minimum Gasteiger partial charge on any atom is -0.481 e. The molecular formula is C21H28N4O4. The molecule has 1 N–H and O–H groups in total. The number of carboxylic acids is 1. The molecule has 0 unspecified atom stereocenters. The van der Waals surface area contributed by atoms with Crippen LogP contribution in [-0.4, -0.2) is 55.2 Å². The molecule has 2 aromatic rings. The lowest BCUT2D eigenvalue weighted by Crippen LogP contribution is -2.43. The van der Waals surface area contributed by atoms with E-state index in [2.05, 4.69) is 10.3 Å². The van der Waals surface area contributed by atoms with E-state index in [4.69, 9.17) is 5.11 Å². The van der Waals surface area contributed by atoms with Gasteiger partial charge in [-0.05, 0) is 42.9 Å². The van der Waals surface area contributed by atoms with E-state index in [0.717, 1.165) is 16.6 Å². The number of carboxylic acid groups (broad SMARTS) is 1. The van der Waals surface area contributed by atoms with Crippen LogP contribution in [-0.2, 0) is 27.9 Å². The zero-order valence-electron chi connectivity index (χ0n) is 17.2. The van der Waals surface area contributed by atoms with Gasteiger partial charge in [-0.1, -0.05) is 25.1 Å². The summed E-state index contributed by atoms with van der Waals surface area (Å²) in [5.41, 5.74) is 2.76. The molecular weight excluding hydrogens is 372 g/mol. The fraction of sp³-hybridized carbons (Fsp3) is 0.571. The lowest BCUT2D eigenvalue weighted by atomic mass is 9.98. The molecule has 0 bridgehead atoms. The van der Waals surface area contributed by atoms with Gasteiger partial charge >= 0.3 is 5.97 Å². The lowest BCUT2D eigenvalue weighted by molar-refractivity contribution is -0.142. The molecule has 0 aliphatic carbocycles. The van der Waals surface area contributed by atoms with Gasteiger partial charge in [0.05, 0.1) is 11.6 Å². The van der Waals surface area contributed by atoms with Crippen LogP contribution < -0.4 is 0 Å². The third kappa shape index (κ3) is 4.81. The third-order valence-corrected chi connectivity index (χ3v) is 5.71. The Kier molecular flexibility index (Phi) is 6.30. The Morgan fingerprint density at radius 1 is 1.28 bits per heavy atom. The standard InChI is InChI=1S/C21H28N4O4/c1-13-10-18(25(12-13)21(29)14(2)4-9-20(27)28)19(26)8-6-15-5-7-17-16(11-15)22-23-24(17)3/h5,7,11,13-14,18H,4,6,8-10,12H2,1-3H3,(H,27,28)/t13-,14+,18-/m0/s1. The van der Waals surface area contributed by atoms with Gasteiger partial charge in [-0.15, -0.1) is 5.10 Å². The Balaban J connectivity index is 1.62. The highest BCUT2D eigenvalue weighted by atomic mass is 16.4. The monoisotopic (exact) mass is 400 g/mol. The normalized spacial score (nSPS) is 20.2. The zero-order valence-corrected chi connectivity index (χ0v) is 17.2. The van der Waals surface area contributed by atoms with Gasteiger partial charge < -0.3 is 10.0 Å². The number of aryl methyl sites for hydroxylation is 2. The highest BCUT2D eigenvalue weighted by Crippen LogP contribution is 2.27. The summed E-state index contributed by atoms with van der Waals surface area (Å²) in [6.07, 6.45) is 1.86. The maximum absolute atomic E-state index is 12.9. The molecule has 3 atom stereocenters. The van der Waals surface area contributed by atoms with Crippen LogP contribution in [0, 0.1) is 11.8 Å². The van der Waals surface area contributed by atoms with Crippen LogP contribution in [0.4, 0.5) is 0 Å². The highest BCUT2D eigenvalue weighted by molar-refractivity contribution is 5.90. The molecule has 1 aromatic carbocycles. The quantitative estimate of drug-likeness (QED) is 0.728. The Labute approximate surface area is 169 Å². The topological polar surface area (TPSA) is 105 Å². The van der Waals surface area contributed by atoms with E-state index in [-0.39, 0.29) is 30.4 Å². The molecule has 1 aliphatic rings. The maximum atomic E-state index is 12.9. The fourth-order valence-electron chi connectivity index (χ4n) is 4.02. The third-order valence-electron chi connectivity index (χ3n) is 5.71. The van der Waals surface area contributed by atoms with Crippen LogP contribution in [0.5, 0.6) is 0 Å². The minimum atomic E-state index is -0.910. The van der Waals surface area contributed by atoms with Crippen molar-refractivity contribution in [2.75, 3.05) is 6.54 Å². The molecule has 1 amide bonds. The van der Waals surface area contributed by atoms with E-state index in [1.54, 1.807) is 16.5 Å². The van der Waals surface area contributed by atoms with Crippen molar-refractivity contribution in [1.29, 1.82) is 0 Å². The number of Topliss-reactive ketones (excluding diaryl/α,β-unsaturated/α-hetero) is 1. The number of benzene rings is 1. The molecule has 2 heterocycles. The molecule has 29 heavy (non-hydrogen) atoms. The predicted octanol–water partition coefficient (Wildman–Crippen LogP) is 2.21. The number of amides is 1. The molecule has 1 fully saturated rings. The van der Waals surface area contributed by atoms with Crippen LogP contribution in [0.1, 0.15) is 45.1 Å². The van der Waals surface area contributed by atoms with Gasteiger partial charge in [0.1, 0.15) is 5.52 Å². The summed E-state index contributed by atoms with van der Waals surface area (Å²) in [6.45, 7) is 4.33. The van der Waals surface area contributed by atoms with Crippen LogP contribution >= 0.6 is 0 Å². The van der Waals surface area contributed by atoms with E-state index in [1.807, 2.05) is 32.2 Å². The minimum absolute atomic E-state index is 0.0419. The summed E-state index contributed by atoms with van der Waals surface area (Å²) in [5.74, 6) is -1.10. The highest BCUT2D eigenvalue weighted by Gasteiger charge is 2.38. The molecule has 156 valence electrons. The van der Waals surface area contributed by atoms with Crippen molar-refractivity contribution in [1.82, 2.24) is 19.9 Å². The molecule has 0 spiro atoms. The number of aromatic nitrogens is 3. The summed E-state index contributed by atoms with van der Waals surface area (Å²) >= 11 is 0. The van der Waals surface area contributed by atoms with Crippen LogP contribution in [0.15, 0.2) is 18.2 Å². The molecule has 3 rings (SSSR count). The number of carbonyl (C=O) groups is 3. The van der Waals surface area contributed by atoms with Gasteiger partial charge in [-0.2, -0.15) is 0 Å². The number of fused-ring (bicyclic) bond motifs is 1. The Morgan fingerprint density at radius 2 is 2.03 bits per heavy atom. The second kappa shape index (κ2) is 8.71. The van der Waals surface area contributed by atoms with Gasteiger partial charge in [-0.25, -0.2) is 4.68 Å². The molecule has 0 radical (unpaired) electrons. The molecule has 8 heteroatoms. The van der Waals surface area contributed by atoms with Crippen molar-refractivity contribution in [3.05, 3.63) is 23.8 Å². The summed E-state index contributed by atoms with van der Waals surface area (Å²) in [5, 5.41) is 17.0. The van der Waals surface area contributed by atoms with E-state index >= 15 is 0 Å². The van der Waals surface area contributed by atoms with Crippen molar-refractivity contribution >= 4 is 28.7 Å². The van der Waals surface area contributed by atoms with Crippen molar-refractivity contribution in [2.24, 2.45) is 18.9 Å². The molecule has 1 aliphatic heterocycles. The average Bonchev–Trinajstić information content (AvgIpc) is 3.26. The second-order valence-corrected chi connectivity index (χ2v) is 8.18. The van der Waals surface area contributed by atoms with Crippen molar-refractivity contribution in [3.63, 3.8) is 0 Å². The van der Waals surface area contributed by atoms with E-state index in [1.165, 1.54) is 0 Å². The number of nitrogens with zero attached hydrogens (tertiary/aromatic N) is 4. The first-order chi connectivity index (χ1) is 13.8. The van der Waals surface area contributed by atoms with Crippen molar-refractivity contribution in [3.8, 4) is 0 Å². The first-order valence-corrected chi connectivity index (χ1v) is 10.1. The first-order valence-electron chi connectivity index (χ1n) is 10.1. The van der Waals surface area contributed by atoms with Gasteiger partial charge in [0, 0.05) is 32.4 Å². The van der Waals surface area contributed by atoms with Crippen molar-refractivity contribution in [2.45, 2.75) is 52.0 Å². The Morgan fingerprint density at radius 3 is 2.76 bits per heavy atom. The number of hydrogen-bond donors (Lipinski definition) is 1. The van der Waals surface area contributed by atoms with Gasteiger partial charge in [-0.3, -0.25) is 14.4 Å². The van der Waals surface area contributed by atoms with E-state index < -0.39 is 17.9 Å².